The minimum atomic E-state index is -4.61. The lowest BCUT2D eigenvalue weighted by atomic mass is 9.77. The third kappa shape index (κ3) is 11.2. The van der Waals surface area contributed by atoms with Crippen molar-refractivity contribution in [3.05, 3.63) is 129 Å². The van der Waals surface area contributed by atoms with Gasteiger partial charge in [0.05, 0.1) is 21.6 Å². The number of nitrogens with zero attached hydrogens (tertiary/aromatic N) is 4. The summed E-state index contributed by atoms with van der Waals surface area (Å²) in [6, 6.07) is 19.9. The number of fused-ring (bicyclic) bond motifs is 1. The Morgan fingerprint density at radius 3 is 2.52 bits per heavy atom. The van der Waals surface area contributed by atoms with Crippen LogP contribution in [0.3, 0.4) is 0 Å². The van der Waals surface area contributed by atoms with Crippen LogP contribution in [0.4, 0.5) is 17.1 Å². The fourth-order valence-electron chi connectivity index (χ4n) is 7.71. The molecule has 0 bridgehead atoms. The maximum absolute atomic E-state index is 13.9. The van der Waals surface area contributed by atoms with Gasteiger partial charge in [0, 0.05) is 80.1 Å². The number of sulfonamides is 1. The van der Waals surface area contributed by atoms with Crippen molar-refractivity contribution in [3.8, 4) is 11.5 Å². The van der Waals surface area contributed by atoms with Gasteiger partial charge in [-0.25, -0.2) is 23.6 Å². The number of piperazine rings is 1. The number of carbonyl (C=O) groups is 2. The van der Waals surface area contributed by atoms with E-state index in [2.05, 4.69) is 67.9 Å². The number of H-pyrrole nitrogens is 1. The number of nitro groups is 1. The Kier molecular flexibility index (Phi) is 13.8. The number of allylic oxidation sites excluding steroid dienone is 2. The first-order valence-corrected chi connectivity index (χ1v) is 22.5. The van der Waals surface area contributed by atoms with Crippen LogP contribution in [-0.4, -0.2) is 84.5 Å². The van der Waals surface area contributed by atoms with Gasteiger partial charge in [-0.05, 0) is 89.9 Å². The van der Waals surface area contributed by atoms with Crippen molar-refractivity contribution in [1.82, 2.24) is 25.1 Å². The summed E-state index contributed by atoms with van der Waals surface area (Å²) >= 11 is 6.22. The summed E-state index contributed by atoms with van der Waals surface area (Å²) in [5.74, 6) is -1.08. The van der Waals surface area contributed by atoms with Crippen LogP contribution in [0.2, 0.25) is 5.02 Å². The molecule has 0 atom stereocenters. The van der Waals surface area contributed by atoms with Gasteiger partial charge < -0.3 is 19.9 Å². The number of aromatic amines is 1. The number of halogens is 1. The number of benzene rings is 3. The summed E-state index contributed by atoms with van der Waals surface area (Å²) < 4.78 is 35.6. The van der Waals surface area contributed by atoms with Crippen LogP contribution in [-0.2, 0) is 14.8 Å². The van der Waals surface area contributed by atoms with E-state index >= 15 is 0 Å². The van der Waals surface area contributed by atoms with Crippen molar-refractivity contribution in [1.29, 1.82) is 0 Å². The number of unbranched alkanes of at least 4 members (excludes halogenated alkanes) is 2. The molecule has 18 heteroatoms. The zero-order valence-corrected chi connectivity index (χ0v) is 36.5. The summed E-state index contributed by atoms with van der Waals surface area (Å²) in [5, 5.41) is 25.0. The lowest BCUT2D eigenvalue weighted by Gasteiger charge is -2.38. The minimum Gasteiger partial charge on any atom is -0.455 e. The van der Waals surface area contributed by atoms with E-state index in [1.807, 2.05) is 18.2 Å². The van der Waals surface area contributed by atoms with E-state index in [1.165, 1.54) is 41.1 Å². The number of ether oxygens (including phenoxy) is 1. The number of carbonyl (C=O) groups excluding carboxylic acids is 2. The molecule has 5 aromatic rings. The molecule has 1 saturated heterocycles. The number of pyridine rings is 1. The topological polar surface area (TPSA) is 212 Å². The van der Waals surface area contributed by atoms with E-state index in [1.54, 1.807) is 29.9 Å². The van der Waals surface area contributed by atoms with Crippen molar-refractivity contribution in [2.24, 2.45) is 5.41 Å². The molecule has 1 aliphatic carbocycles. The number of hydroxylamine groups is 1. The van der Waals surface area contributed by atoms with Gasteiger partial charge in [0.1, 0.15) is 22.8 Å². The molecule has 7 rings (SSSR count). The molecule has 2 amide bonds. The minimum absolute atomic E-state index is 0.0322. The largest absolute Gasteiger partial charge is 0.455 e. The predicted molar refractivity (Wildman–Crippen MR) is 242 cm³/mol. The number of rotatable bonds is 17. The van der Waals surface area contributed by atoms with Crippen LogP contribution in [0.5, 0.6) is 11.5 Å². The van der Waals surface area contributed by atoms with Crippen molar-refractivity contribution in [3.63, 3.8) is 0 Å². The summed E-state index contributed by atoms with van der Waals surface area (Å²) in [5.41, 5.74) is 6.29. The zero-order chi connectivity index (χ0) is 44.7. The van der Waals surface area contributed by atoms with Gasteiger partial charge in [-0.15, -0.1) is 0 Å². The maximum atomic E-state index is 13.9. The molecule has 2 aliphatic rings. The van der Waals surface area contributed by atoms with E-state index in [-0.39, 0.29) is 28.8 Å². The molecule has 3 aromatic carbocycles. The SMILES string of the molecule is CC1(C)C=CC(CN2CCN(c3ccc(C(=O)NS(=O)(=O)c4ccc(NCCCCCC(=O)NO)c([N+](=O)[O-])c4)c(Oc4cnc5[nH]ccc5c4)c3)CC2)=C(c2ccc(Cl)cc2)C1. The molecule has 3 heterocycles. The Bertz CT molecular complexity index is 2670. The molecule has 330 valence electrons. The number of hydrogen-bond acceptors (Lipinski definition) is 12. The molecule has 0 radical (unpaired) electrons. The van der Waals surface area contributed by atoms with Crippen LogP contribution >= 0.6 is 11.6 Å². The average molecular weight is 897 g/mol. The van der Waals surface area contributed by atoms with E-state index in [4.69, 9.17) is 21.5 Å². The number of anilines is 2. The normalized spacial score (nSPS) is 15.3. The molecule has 1 aliphatic heterocycles. The molecule has 2 aromatic heterocycles. The Balaban J connectivity index is 1.07. The first-order valence-electron chi connectivity index (χ1n) is 20.6. The maximum Gasteiger partial charge on any atom is 0.293 e. The quantitative estimate of drug-likeness (QED) is 0.0260. The highest BCUT2D eigenvalue weighted by Gasteiger charge is 2.28. The highest BCUT2D eigenvalue weighted by atomic mass is 35.5. The number of amides is 2. The second-order valence-corrected chi connectivity index (χ2v) is 18.4. The molecule has 0 spiro atoms. The molecule has 0 saturated carbocycles. The molecule has 63 heavy (non-hydrogen) atoms. The lowest BCUT2D eigenvalue weighted by molar-refractivity contribution is -0.384. The number of nitrogens with one attached hydrogen (secondary N) is 4. The first-order chi connectivity index (χ1) is 30.2. The van der Waals surface area contributed by atoms with Gasteiger partial charge in [0.2, 0.25) is 5.91 Å². The fourth-order valence-corrected chi connectivity index (χ4v) is 8.82. The van der Waals surface area contributed by atoms with Gasteiger partial charge in [-0.1, -0.05) is 56.2 Å². The smallest absolute Gasteiger partial charge is 0.293 e. The van der Waals surface area contributed by atoms with Crippen LogP contribution in [0.15, 0.2) is 108 Å². The average Bonchev–Trinajstić information content (AvgIpc) is 3.74. The van der Waals surface area contributed by atoms with Crippen molar-refractivity contribution < 1.29 is 32.9 Å². The van der Waals surface area contributed by atoms with Gasteiger partial charge in [0.25, 0.3) is 21.6 Å². The van der Waals surface area contributed by atoms with Crippen LogP contribution < -0.4 is 25.2 Å². The number of aromatic nitrogens is 2. The summed E-state index contributed by atoms with van der Waals surface area (Å²) in [4.78, 5) is 48.0. The monoisotopic (exact) mass is 896 g/mol. The Morgan fingerprint density at radius 2 is 1.78 bits per heavy atom. The van der Waals surface area contributed by atoms with Crippen molar-refractivity contribution >= 4 is 67.1 Å². The third-order valence-electron chi connectivity index (χ3n) is 11.1. The van der Waals surface area contributed by atoms with Crippen molar-refractivity contribution in [2.75, 3.05) is 49.5 Å². The molecule has 0 unspecified atom stereocenters. The van der Waals surface area contributed by atoms with E-state index in [0.717, 1.165) is 43.2 Å². The second kappa shape index (κ2) is 19.4. The Labute approximate surface area is 370 Å². The Morgan fingerprint density at radius 1 is 1.00 bits per heavy atom. The molecule has 5 N–H and O–H groups in total. The molecular weight excluding hydrogens is 848 g/mol. The van der Waals surface area contributed by atoms with E-state index < -0.39 is 37.3 Å². The first kappa shape index (κ1) is 44.8. The van der Waals surface area contributed by atoms with Gasteiger partial charge in [-0.3, -0.25) is 29.8 Å². The van der Waals surface area contributed by atoms with Crippen molar-refractivity contribution in [2.45, 2.75) is 50.8 Å². The molecule has 16 nitrogen and oxygen atoms in total. The summed E-state index contributed by atoms with van der Waals surface area (Å²) in [6.07, 6.45) is 10.5. The van der Waals surface area contributed by atoms with Crippen LogP contribution in [0.25, 0.3) is 16.6 Å². The fraction of sp³-hybridized carbons (Fsp3) is 0.311. The highest BCUT2D eigenvalue weighted by Crippen LogP contribution is 2.40. The molecule has 1 fully saturated rings. The van der Waals surface area contributed by atoms with E-state index in [9.17, 15) is 28.1 Å². The predicted octanol–water partition coefficient (Wildman–Crippen LogP) is 8.08. The van der Waals surface area contributed by atoms with Crippen LogP contribution in [0.1, 0.15) is 61.9 Å². The zero-order valence-electron chi connectivity index (χ0n) is 34.9. The number of hydrogen-bond donors (Lipinski definition) is 5. The van der Waals surface area contributed by atoms with Gasteiger partial charge >= 0.3 is 0 Å². The molecular formula is C45H49ClN8O8S. The lowest BCUT2D eigenvalue weighted by Crippen LogP contribution is -2.47. The highest BCUT2D eigenvalue weighted by molar-refractivity contribution is 7.90. The van der Waals surface area contributed by atoms with Crippen LogP contribution in [0, 0.1) is 15.5 Å². The number of nitro benzene ring substituents is 1. The summed E-state index contributed by atoms with van der Waals surface area (Å²) in [7, 11) is -4.61. The Hall–Kier alpha value is -6.27. The second-order valence-electron chi connectivity index (χ2n) is 16.3. The van der Waals surface area contributed by atoms with E-state index in [0.29, 0.717) is 55.3 Å². The standard InChI is InChI=1S/C45H49ClN8O8S/c1-45(2)17-15-32(38(27-45)30-7-9-33(46)10-8-30)29-52-20-22-53(23-21-52)34-11-13-37(41(25-34)62-35-24-31-16-19-48-43(31)49-28-35)44(56)51-63(60,61)36-12-14-39(40(26-36)54(58)59)47-18-5-3-4-6-42(55)50-57/h7-17,19,24-26,28,47,57H,3-6,18,20-23,27,29H2,1-2H3,(H,48,49)(H,50,55)(H,51,56). The van der Waals surface area contributed by atoms with Gasteiger partial charge in [0.15, 0.2) is 0 Å². The third-order valence-corrected chi connectivity index (χ3v) is 12.7. The summed E-state index contributed by atoms with van der Waals surface area (Å²) in [6.45, 7) is 8.47. The van der Waals surface area contributed by atoms with Gasteiger partial charge in [-0.2, -0.15) is 0 Å².